The first-order chi connectivity index (χ1) is 8.33. The standard InChI is InChI=1S/C14H16N2O/c1-17-14-7-6-11(9-15)8-12(14)10-16-13-4-2-3-5-13/h2-3,6-8,13,16H,4-5,10H2,1H3. The lowest BCUT2D eigenvalue weighted by Gasteiger charge is -2.14. The van der Waals surface area contributed by atoms with Gasteiger partial charge in [-0.05, 0) is 31.0 Å². The van der Waals surface area contributed by atoms with Crippen molar-refractivity contribution in [3.8, 4) is 11.8 Å². The van der Waals surface area contributed by atoms with Gasteiger partial charge in [-0.2, -0.15) is 5.26 Å². The van der Waals surface area contributed by atoms with Crippen LogP contribution in [0.5, 0.6) is 5.75 Å². The molecule has 0 bridgehead atoms. The van der Waals surface area contributed by atoms with E-state index in [1.807, 2.05) is 12.1 Å². The van der Waals surface area contributed by atoms with Crippen LogP contribution in [-0.4, -0.2) is 13.2 Å². The third-order valence-corrected chi connectivity index (χ3v) is 3.00. The molecule has 1 aliphatic carbocycles. The molecule has 0 fully saturated rings. The van der Waals surface area contributed by atoms with Gasteiger partial charge in [-0.3, -0.25) is 0 Å². The predicted octanol–water partition coefficient (Wildman–Crippen LogP) is 2.38. The Hall–Kier alpha value is -1.79. The molecule has 0 saturated carbocycles. The largest absolute Gasteiger partial charge is 0.496 e. The first-order valence-electron chi connectivity index (χ1n) is 5.79. The molecule has 3 heteroatoms. The van der Waals surface area contributed by atoms with Crippen LogP contribution in [0.15, 0.2) is 30.4 Å². The Bertz CT molecular complexity index is 452. The summed E-state index contributed by atoms with van der Waals surface area (Å²) in [6.07, 6.45) is 6.56. The van der Waals surface area contributed by atoms with Gasteiger partial charge in [0.2, 0.25) is 0 Å². The maximum atomic E-state index is 8.88. The van der Waals surface area contributed by atoms with Gasteiger partial charge in [0.15, 0.2) is 0 Å². The quantitative estimate of drug-likeness (QED) is 0.805. The summed E-state index contributed by atoms with van der Waals surface area (Å²) in [6.45, 7) is 0.741. The monoisotopic (exact) mass is 228 g/mol. The number of benzene rings is 1. The minimum absolute atomic E-state index is 0.519. The van der Waals surface area contributed by atoms with E-state index in [0.29, 0.717) is 11.6 Å². The Balaban J connectivity index is 2.05. The molecule has 17 heavy (non-hydrogen) atoms. The van der Waals surface area contributed by atoms with Gasteiger partial charge in [0.25, 0.3) is 0 Å². The van der Waals surface area contributed by atoms with Gasteiger partial charge in [0.05, 0.1) is 18.7 Å². The topological polar surface area (TPSA) is 45.0 Å². The Morgan fingerprint density at radius 3 is 2.82 bits per heavy atom. The second-order valence-corrected chi connectivity index (χ2v) is 4.16. The molecule has 1 aromatic carbocycles. The fourth-order valence-corrected chi connectivity index (χ4v) is 2.02. The molecule has 0 saturated heterocycles. The van der Waals surface area contributed by atoms with Crippen LogP contribution in [0.4, 0.5) is 0 Å². The zero-order valence-corrected chi connectivity index (χ0v) is 9.94. The average Bonchev–Trinajstić information content (AvgIpc) is 2.89. The van der Waals surface area contributed by atoms with Gasteiger partial charge in [-0.15, -0.1) is 0 Å². The highest BCUT2D eigenvalue weighted by Gasteiger charge is 2.11. The van der Waals surface area contributed by atoms with E-state index < -0.39 is 0 Å². The third-order valence-electron chi connectivity index (χ3n) is 3.00. The smallest absolute Gasteiger partial charge is 0.123 e. The van der Waals surface area contributed by atoms with E-state index in [-0.39, 0.29) is 0 Å². The molecule has 0 radical (unpaired) electrons. The lowest BCUT2D eigenvalue weighted by molar-refractivity contribution is 0.405. The summed E-state index contributed by atoms with van der Waals surface area (Å²) in [5, 5.41) is 12.4. The Kier molecular flexibility index (Phi) is 3.79. The van der Waals surface area contributed by atoms with Crippen molar-refractivity contribution in [2.75, 3.05) is 7.11 Å². The van der Waals surface area contributed by atoms with Gasteiger partial charge in [-0.1, -0.05) is 12.2 Å². The number of nitrogens with one attached hydrogen (secondary N) is 1. The highest BCUT2D eigenvalue weighted by molar-refractivity contribution is 5.42. The zero-order chi connectivity index (χ0) is 12.1. The number of methoxy groups -OCH3 is 1. The summed E-state index contributed by atoms with van der Waals surface area (Å²) >= 11 is 0. The van der Waals surface area contributed by atoms with Crippen LogP contribution in [0.25, 0.3) is 0 Å². The maximum Gasteiger partial charge on any atom is 0.123 e. The predicted molar refractivity (Wildman–Crippen MR) is 66.7 cm³/mol. The summed E-state index contributed by atoms with van der Waals surface area (Å²) in [5.41, 5.74) is 1.71. The first-order valence-corrected chi connectivity index (χ1v) is 5.79. The number of hydrogen-bond donors (Lipinski definition) is 1. The van der Waals surface area contributed by atoms with Crippen molar-refractivity contribution in [2.24, 2.45) is 0 Å². The number of rotatable bonds is 4. The molecule has 0 amide bonds. The molecular weight excluding hydrogens is 212 g/mol. The second-order valence-electron chi connectivity index (χ2n) is 4.16. The molecule has 0 spiro atoms. The van der Waals surface area contributed by atoms with Crippen molar-refractivity contribution < 1.29 is 4.74 Å². The molecule has 1 aliphatic rings. The number of ether oxygens (including phenoxy) is 1. The Morgan fingerprint density at radius 2 is 2.18 bits per heavy atom. The van der Waals surface area contributed by atoms with E-state index in [9.17, 15) is 0 Å². The van der Waals surface area contributed by atoms with Crippen LogP contribution >= 0.6 is 0 Å². The van der Waals surface area contributed by atoms with Crippen LogP contribution in [-0.2, 0) is 6.54 Å². The molecule has 0 aromatic heterocycles. The third kappa shape index (κ3) is 2.86. The van der Waals surface area contributed by atoms with Gasteiger partial charge in [-0.25, -0.2) is 0 Å². The molecule has 0 unspecified atom stereocenters. The van der Waals surface area contributed by atoms with E-state index in [1.54, 1.807) is 13.2 Å². The van der Waals surface area contributed by atoms with E-state index in [4.69, 9.17) is 10.00 Å². The minimum atomic E-state index is 0.519. The normalized spacial score (nSPS) is 14.8. The molecule has 1 aromatic rings. The Morgan fingerprint density at radius 1 is 1.41 bits per heavy atom. The average molecular weight is 228 g/mol. The van der Waals surface area contributed by atoms with Crippen LogP contribution in [0.2, 0.25) is 0 Å². The van der Waals surface area contributed by atoms with Crippen molar-refractivity contribution in [1.29, 1.82) is 5.26 Å². The van der Waals surface area contributed by atoms with Crippen LogP contribution in [0.3, 0.4) is 0 Å². The fourth-order valence-electron chi connectivity index (χ4n) is 2.02. The molecular formula is C14H16N2O. The van der Waals surface area contributed by atoms with E-state index in [2.05, 4.69) is 23.5 Å². The number of nitrogens with zero attached hydrogens (tertiary/aromatic N) is 1. The van der Waals surface area contributed by atoms with E-state index in [1.165, 1.54) is 0 Å². The Labute approximate surface area is 102 Å². The molecule has 88 valence electrons. The first kappa shape index (κ1) is 11.7. The van der Waals surface area contributed by atoms with Crippen molar-refractivity contribution >= 4 is 0 Å². The molecule has 0 aliphatic heterocycles. The van der Waals surface area contributed by atoms with Gasteiger partial charge >= 0.3 is 0 Å². The highest BCUT2D eigenvalue weighted by atomic mass is 16.5. The lowest BCUT2D eigenvalue weighted by Crippen LogP contribution is -2.25. The van der Waals surface area contributed by atoms with Crippen molar-refractivity contribution in [3.63, 3.8) is 0 Å². The van der Waals surface area contributed by atoms with Crippen LogP contribution in [0, 0.1) is 11.3 Å². The summed E-state index contributed by atoms with van der Waals surface area (Å²) in [5.74, 6) is 0.836. The molecule has 0 heterocycles. The van der Waals surface area contributed by atoms with E-state index in [0.717, 1.165) is 30.7 Å². The molecule has 0 atom stereocenters. The molecule has 3 nitrogen and oxygen atoms in total. The van der Waals surface area contributed by atoms with Crippen molar-refractivity contribution in [2.45, 2.75) is 25.4 Å². The van der Waals surface area contributed by atoms with Gasteiger partial charge in [0, 0.05) is 18.2 Å². The van der Waals surface area contributed by atoms with Crippen molar-refractivity contribution in [3.05, 3.63) is 41.5 Å². The summed E-state index contributed by atoms with van der Waals surface area (Å²) in [6, 6.07) is 8.18. The zero-order valence-electron chi connectivity index (χ0n) is 9.94. The minimum Gasteiger partial charge on any atom is -0.496 e. The number of hydrogen-bond acceptors (Lipinski definition) is 3. The van der Waals surface area contributed by atoms with Crippen molar-refractivity contribution in [1.82, 2.24) is 5.32 Å². The summed E-state index contributed by atoms with van der Waals surface area (Å²) in [4.78, 5) is 0. The van der Waals surface area contributed by atoms with Crippen LogP contribution in [0.1, 0.15) is 24.0 Å². The number of nitriles is 1. The summed E-state index contributed by atoms with van der Waals surface area (Å²) < 4.78 is 5.29. The maximum absolute atomic E-state index is 8.88. The highest BCUT2D eigenvalue weighted by Crippen LogP contribution is 2.20. The molecule has 2 rings (SSSR count). The fraction of sp³-hybridized carbons (Fsp3) is 0.357. The summed E-state index contributed by atoms with van der Waals surface area (Å²) in [7, 11) is 1.65. The molecule has 1 N–H and O–H groups in total. The lowest BCUT2D eigenvalue weighted by atomic mass is 10.1. The van der Waals surface area contributed by atoms with Gasteiger partial charge < -0.3 is 10.1 Å². The second kappa shape index (κ2) is 5.51. The van der Waals surface area contributed by atoms with E-state index >= 15 is 0 Å². The van der Waals surface area contributed by atoms with Crippen LogP contribution < -0.4 is 10.1 Å². The SMILES string of the molecule is COc1ccc(C#N)cc1CNC1CC=CC1. The van der Waals surface area contributed by atoms with Gasteiger partial charge in [0.1, 0.15) is 5.75 Å².